The lowest BCUT2D eigenvalue weighted by Gasteiger charge is -2.36. The third kappa shape index (κ3) is 4.31. The van der Waals surface area contributed by atoms with Gasteiger partial charge < -0.3 is 14.7 Å². The number of nitrogens with one attached hydrogen (secondary N) is 2. The number of hydrogen-bond donors (Lipinski definition) is 4. The summed E-state index contributed by atoms with van der Waals surface area (Å²) in [4.78, 5) is 26.5. The molecule has 5 nitrogen and oxygen atoms in total. The Balaban J connectivity index is 2.31. The first-order chi connectivity index (χ1) is 10.6. The maximum atomic E-state index is 13.2. The van der Waals surface area contributed by atoms with Crippen molar-refractivity contribution in [3.8, 4) is 0 Å². The van der Waals surface area contributed by atoms with Gasteiger partial charge in [-0.25, -0.2) is 0 Å². The molecule has 2 aliphatic heterocycles. The molecule has 0 aromatic heterocycles. The largest absolute Gasteiger partial charge is 0.446 e. The molecule has 0 aromatic carbocycles. The topological polar surface area (TPSA) is 67.4 Å². The molecule has 0 radical (unpaired) electrons. The Kier molecular flexibility index (Phi) is 6.25. The van der Waals surface area contributed by atoms with Crippen molar-refractivity contribution in [3.05, 3.63) is 0 Å². The van der Waals surface area contributed by atoms with E-state index < -0.39 is 16.6 Å². The van der Waals surface area contributed by atoms with Gasteiger partial charge in [0.1, 0.15) is 0 Å². The maximum absolute atomic E-state index is 13.2. The van der Waals surface area contributed by atoms with Crippen molar-refractivity contribution in [2.45, 2.75) is 61.6 Å². The van der Waals surface area contributed by atoms with Crippen molar-refractivity contribution in [1.82, 2.24) is 10.6 Å². The first kappa shape index (κ1) is 19.7. The van der Waals surface area contributed by atoms with Crippen LogP contribution in [0.15, 0.2) is 0 Å². The average Bonchev–Trinajstić information content (AvgIpc) is 3.03. The van der Waals surface area contributed by atoms with Gasteiger partial charge in [-0.2, -0.15) is 25.3 Å². The van der Waals surface area contributed by atoms with Crippen LogP contribution in [-0.2, 0) is 13.7 Å². The molecule has 4 atom stereocenters. The minimum atomic E-state index is -3.24. The highest BCUT2D eigenvalue weighted by molar-refractivity contribution is 7.81. The molecule has 0 bridgehead atoms. The van der Waals surface area contributed by atoms with Gasteiger partial charge in [-0.15, -0.1) is 0 Å². The standard InChI is InChI=1S/C14H28N2O3S2Si2/c1-22(2,3)19-23(4,13(17)11-9(20)5-7-15-11)14(18)12-10(21)6-8-16-12/h9-12,15-16,20-21H,5-8H2,1-4H3. The number of rotatable bonds is 6. The molecule has 2 aliphatic rings. The van der Waals surface area contributed by atoms with E-state index in [4.69, 9.17) is 4.12 Å². The van der Waals surface area contributed by atoms with Gasteiger partial charge in [0.15, 0.2) is 19.1 Å². The molecule has 2 N–H and O–H groups in total. The van der Waals surface area contributed by atoms with Gasteiger partial charge in [0.2, 0.25) is 0 Å². The maximum Gasteiger partial charge on any atom is 0.326 e. The number of hydrogen-bond acceptors (Lipinski definition) is 7. The fourth-order valence-electron chi connectivity index (χ4n) is 3.34. The van der Waals surface area contributed by atoms with E-state index in [1.54, 1.807) is 6.55 Å². The highest BCUT2D eigenvalue weighted by Gasteiger charge is 2.56. The van der Waals surface area contributed by atoms with Crippen molar-refractivity contribution in [2.75, 3.05) is 13.1 Å². The van der Waals surface area contributed by atoms with Gasteiger partial charge in [-0.3, -0.25) is 9.59 Å². The molecule has 4 unspecified atom stereocenters. The molecule has 23 heavy (non-hydrogen) atoms. The van der Waals surface area contributed by atoms with Crippen LogP contribution in [0.3, 0.4) is 0 Å². The highest BCUT2D eigenvalue weighted by Crippen LogP contribution is 2.27. The van der Waals surface area contributed by atoms with Crippen molar-refractivity contribution in [3.63, 3.8) is 0 Å². The minimum Gasteiger partial charge on any atom is -0.446 e. The zero-order valence-corrected chi connectivity index (χ0v) is 18.0. The van der Waals surface area contributed by atoms with Gasteiger partial charge in [-0.1, -0.05) is 0 Å². The van der Waals surface area contributed by atoms with E-state index >= 15 is 0 Å². The predicted molar refractivity (Wildman–Crippen MR) is 104 cm³/mol. The Morgan fingerprint density at radius 2 is 1.30 bits per heavy atom. The monoisotopic (exact) mass is 392 g/mol. The lowest BCUT2D eigenvalue weighted by Crippen LogP contribution is -2.67. The van der Waals surface area contributed by atoms with Crippen molar-refractivity contribution in [1.29, 1.82) is 0 Å². The van der Waals surface area contributed by atoms with E-state index in [9.17, 15) is 9.59 Å². The van der Waals surface area contributed by atoms with Crippen LogP contribution in [0.1, 0.15) is 12.8 Å². The van der Waals surface area contributed by atoms with Crippen LogP contribution >= 0.6 is 25.3 Å². The van der Waals surface area contributed by atoms with Crippen molar-refractivity contribution >= 4 is 52.7 Å². The molecule has 2 heterocycles. The van der Waals surface area contributed by atoms with Gasteiger partial charge in [0, 0.05) is 10.5 Å². The van der Waals surface area contributed by atoms with E-state index in [0.717, 1.165) is 25.9 Å². The second-order valence-electron chi connectivity index (χ2n) is 7.55. The van der Waals surface area contributed by atoms with E-state index in [1.807, 2.05) is 19.6 Å². The summed E-state index contributed by atoms with van der Waals surface area (Å²) in [6.45, 7) is 9.37. The normalized spacial score (nSPS) is 34.3. The molecule has 2 fully saturated rings. The van der Waals surface area contributed by atoms with Crippen LogP contribution < -0.4 is 10.6 Å². The van der Waals surface area contributed by atoms with Crippen molar-refractivity contribution < 1.29 is 13.7 Å². The van der Waals surface area contributed by atoms with Gasteiger partial charge >= 0.3 is 8.32 Å². The zero-order chi connectivity index (χ0) is 17.4. The fourth-order valence-corrected chi connectivity index (χ4v) is 12.1. The molecule has 0 aliphatic carbocycles. The van der Waals surface area contributed by atoms with E-state index in [0.29, 0.717) is 0 Å². The second-order valence-corrected chi connectivity index (χ2v) is 17.0. The Morgan fingerprint density at radius 1 is 0.913 bits per heavy atom. The average molecular weight is 393 g/mol. The SMILES string of the molecule is C[Si](C)(C)O[Si](C)(C(=O)C1NCCC1S)C(=O)C1NCCC1S. The second kappa shape index (κ2) is 7.31. The van der Waals surface area contributed by atoms with Crippen LogP contribution in [-0.4, -0.2) is 63.1 Å². The Bertz CT molecular complexity index is 455. The molecule has 132 valence electrons. The molecular weight excluding hydrogens is 364 g/mol. The van der Waals surface area contributed by atoms with Crippen LogP contribution in [0.2, 0.25) is 26.2 Å². The third-order valence-corrected chi connectivity index (χ3v) is 12.1. The minimum absolute atomic E-state index is 0.0457. The summed E-state index contributed by atoms with van der Waals surface area (Å²) in [5, 5.41) is 6.20. The molecule has 9 heteroatoms. The molecule has 0 spiro atoms. The van der Waals surface area contributed by atoms with Crippen LogP contribution in [0.25, 0.3) is 0 Å². The molecule has 0 aromatic rings. The molecular formula is C14H28N2O3S2Si2. The van der Waals surface area contributed by atoms with Crippen molar-refractivity contribution in [2.24, 2.45) is 0 Å². The zero-order valence-electron chi connectivity index (χ0n) is 14.3. The van der Waals surface area contributed by atoms with E-state index in [-0.39, 0.29) is 33.4 Å². The number of carbonyl (C=O) groups is 2. The molecule has 2 rings (SSSR count). The lowest BCUT2D eigenvalue weighted by atomic mass is 10.2. The molecule has 0 amide bonds. The third-order valence-electron chi connectivity index (χ3n) is 4.39. The lowest BCUT2D eigenvalue weighted by molar-refractivity contribution is -0.119. The fraction of sp³-hybridized carbons (Fsp3) is 0.857. The summed E-state index contributed by atoms with van der Waals surface area (Å²) in [7, 11) is -5.29. The van der Waals surface area contributed by atoms with Gasteiger partial charge in [-0.05, 0) is 52.1 Å². The first-order valence-electron chi connectivity index (χ1n) is 8.18. The molecule has 2 saturated heterocycles. The van der Waals surface area contributed by atoms with Crippen LogP contribution in [0, 0.1) is 0 Å². The molecule has 0 saturated carbocycles. The first-order valence-corrected chi connectivity index (χ1v) is 15.0. The van der Waals surface area contributed by atoms with E-state index in [2.05, 4.69) is 35.9 Å². The summed E-state index contributed by atoms with van der Waals surface area (Å²) in [6, 6.07) is -0.759. The summed E-state index contributed by atoms with van der Waals surface area (Å²) in [5.41, 5.74) is 0. The van der Waals surface area contributed by atoms with Crippen LogP contribution in [0.5, 0.6) is 0 Å². The van der Waals surface area contributed by atoms with E-state index in [1.165, 1.54) is 0 Å². The smallest absolute Gasteiger partial charge is 0.326 e. The van der Waals surface area contributed by atoms with Gasteiger partial charge in [0.25, 0.3) is 0 Å². The summed E-state index contributed by atoms with van der Waals surface area (Å²) >= 11 is 9.04. The Labute approximate surface area is 151 Å². The number of carbonyl (C=O) groups excluding carboxylic acids is 2. The Hall–Kier alpha value is 0.354. The van der Waals surface area contributed by atoms with Crippen LogP contribution in [0.4, 0.5) is 0 Å². The summed E-state index contributed by atoms with van der Waals surface area (Å²) in [5.74, 6) is 0. The Morgan fingerprint density at radius 3 is 1.57 bits per heavy atom. The summed E-state index contributed by atoms with van der Waals surface area (Å²) in [6.07, 6.45) is 1.67. The van der Waals surface area contributed by atoms with Gasteiger partial charge in [0.05, 0.1) is 12.1 Å². The number of thiol groups is 2. The summed E-state index contributed by atoms with van der Waals surface area (Å²) < 4.78 is 6.30. The predicted octanol–water partition coefficient (Wildman–Crippen LogP) is 0.950. The highest BCUT2D eigenvalue weighted by atomic mass is 32.1. The quantitative estimate of drug-likeness (QED) is 0.400.